The molecule has 0 bridgehead atoms. The molecule has 1 aliphatic carbocycles. The summed E-state index contributed by atoms with van der Waals surface area (Å²) >= 11 is 0. The molecule has 0 saturated heterocycles. The molecule has 2 aromatic rings. The zero-order chi connectivity index (χ0) is 16.4. The minimum absolute atomic E-state index is 0.146. The second kappa shape index (κ2) is 6.83. The Morgan fingerprint density at radius 1 is 1.17 bits per heavy atom. The number of fused-ring (bicyclic) bond motifs is 1. The Morgan fingerprint density at radius 2 is 1.96 bits per heavy atom. The first-order valence-electron chi connectivity index (χ1n) is 8.53. The van der Waals surface area contributed by atoms with Crippen LogP contribution in [0.25, 0.3) is 0 Å². The van der Waals surface area contributed by atoms with Crippen molar-refractivity contribution in [3.63, 3.8) is 0 Å². The van der Waals surface area contributed by atoms with E-state index in [4.69, 9.17) is 9.26 Å². The van der Waals surface area contributed by atoms with Crippen LogP contribution in [0.1, 0.15) is 68.6 Å². The summed E-state index contributed by atoms with van der Waals surface area (Å²) in [7, 11) is 0. The normalized spacial score (nSPS) is 15.9. The standard InChI is InChI=1S/C17H26N4O2/c1-11(2)10-22-12(3)17-19-16(23-20-17)9-21-13(4)18-14-7-5-6-8-15(14)21/h11-12H,5-10H2,1-4H3/t12-/m0/s1. The maximum atomic E-state index is 5.75. The van der Waals surface area contributed by atoms with E-state index in [0.29, 0.717) is 30.8 Å². The van der Waals surface area contributed by atoms with Gasteiger partial charge in [0, 0.05) is 12.3 Å². The minimum Gasteiger partial charge on any atom is -0.370 e. The van der Waals surface area contributed by atoms with Crippen LogP contribution >= 0.6 is 0 Å². The van der Waals surface area contributed by atoms with Gasteiger partial charge in [-0.05, 0) is 45.4 Å². The Labute approximate surface area is 137 Å². The number of hydrogen-bond acceptors (Lipinski definition) is 5. The molecule has 2 heterocycles. The smallest absolute Gasteiger partial charge is 0.246 e. The molecule has 0 unspecified atom stereocenters. The Bertz CT molecular complexity index is 660. The Kier molecular flexibility index (Phi) is 4.80. The van der Waals surface area contributed by atoms with Gasteiger partial charge in [0.1, 0.15) is 18.5 Å². The largest absolute Gasteiger partial charge is 0.370 e. The molecule has 2 aromatic heterocycles. The molecule has 0 radical (unpaired) electrons. The van der Waals surface area contributed by atoms with Crippen molar-refractivity contribution in [2.45, 2.75) is 66.0 Å². The average molecular weight is 318 g/mol. The average Bonchev–Trinajstić information content (AvgIpc) is 3.11. The quantitative estimate of drug-likeness (QED) is 0.818. The van der Waals surface area contributed by atoms with Crippen molar-refractivity contribution in [3.05, 3.63) is 28.9 Å². The molecule has 1 aliphatic rings. The summed E-state index contributed by atoms with van der Waals surface area (Å²) in [5.41, 5.74) is 2.57. The van der Waals surface area contributed by atoms with Crippen LogP contribution in [-0.2, 0) is 24.1 Å². The lowest BCUT2D eigenvalue weighted by molar-refractivity contribution is 0.0402. The molecular formula is C17H26N4O2. The van der Waals surface area contributed by atoms with Crippen LogP contribution in [0.15, 0.2) is 4.52 Å². The van der Waals surface area contributed by atoms with Crippen LogP contribution in [0.3, 0.4) is 0 Å². The highest BCUT2D eigenvalue weighted by Gasteiger charge is 2.20. The summed E-state index contributed by atoms with van der Waals surface area (Å²) < 4.78 is 13.4. The number of rotatable bonds is 6. The predicted octanol–water partition coefficient (Wildman–Crippen LogP) is 3.24. The van der Waals surface area contributed by atoms with E-state index in [-0.39, 0.29) is 6.10 Å². The molecule has 6 heteroatoms. The maximum absolute atomic E-state index is 5.75. The van der Waals surface area contributed by atoms with E-state index in [0.717, 1.165) is 18.7 Å². The summed E-state index contributed by atoms with van der Waals surface area (Å²) in [6, 6.07) is 0. The van der Waals surface area contributed by atoms with Gasteiger partial charge in [0.05, 0.1) is 5.69 Å². The number of ether oxygens (including phenoxy) is 1. The van der Waals surface area contributed by atoms with E-state index in [9.17, 15) is 0 Å². The third-order valence-corrected chi connectivity index (χ3v) is 4.24. The Hall–Kier alpha value is -1.69. The lowest BCUT2D eigenvalue weighted by atomic mass is 10.0. The first-order chi connectivity index (χ1) is 11.0. The molecule has 1 atom stereocenters. The van der Waals surface area contributed by atoms with Gasteiger partial charge in [-0.15, -0.1) is 0 Å². The molecule has 0 spiro atoms. The highest BCUT2D eigenvalue weighted by molar-refractivity contribution is 5.20. The molecule has 0 fully saturated rings. The molecule has 126 valence electrons. The van der Waals surface area contributed by atoms with Crippen LogP contribution in [0, 0.1) is 12.8 Å². The fourth-order valence-corrected chi connectivity index (χ4v) is 2.99. The highest BCUT2D eigenvalue weighted by atomic mass is 16.5. The summed E-state index contributed by atoms with van der Waals surface area (Å²) in [5, 5.41) is 4.07. The van der Waals surface area contributed by atoms with Crippen molar-refractivity contribution < 1.29 is 9.26 Å². The van der Waals surface area contributed by atoms with Crippen molar-refractivity contribution in [3.8, 4) is 0 Å². The van der Waals surface area contributed by atoms with Crippen LogP contribution in [-0.4, -0.2) is 26.3 Å². The number of aromatic nitrogens is 4. The van der Waals surface area contributed by atoms with E-state index < -0.39 is 0 Å². The molecule has 0 N–H and O–H groups in total. The number of hydrogen-bond donors (Lipinski definition) is 0. The molecule has 0 aromatic carbocycles. The molecule has 6 nitrogen and oxygen atoms in total. The van der Waals surface area contributed by atoms with E-state index in [2.05, 4.69) is 33.5 Å². The van der Waals surface area contributed by atoms with Crippen LogP contribution in [0.2, 0.25) is 0 Å². The van der Waals surface area contributed by atoms with Crippen LogP contribution in [0.5, 0.6) is 0 Å². The van der Waals surface area contributed by atoms with Crippen molar-refractivity contribution in [2.75, 3.05) is 6.61 Å². The van der Waals surface area contributed by atoms with Crippen molar-refractivity contribution in [1.82, 2.24) is 19.7 Å². The fraction of sp³-hybridized carbons (Fsp3) is 0.706. The van der Waals surface area contributed by atoms with Gasteiger partial charge >= 0.3 is 0 Å². The summed E-state index contributed by atoms with van der Waals surface area (Å²) in [4.78, 5) is 9.19. The topological polar surface area (TPSA) is 66.0 Å². The summed E-state index contributed by atoms with van der Waals surface area (Å²) in [6.45, 7) is 9.54. The lowest BCUT2D eigenvalue weighted by Crippen LogP contribution is -2.11. The zero-order valence-electron chi connectivity index (χ0n) is 14.5. The van der Waals surface area contributed by atoms with Gasteiger partial charge in [0.25, 0.3) is 0 Å². The molecule has 0 aliphatic heterocycles. The maximum Gasteiger partial charge on any atom is 0.246 e. The van der Waals surface area contributed by atoms with Gasteiger partial charge in [0.2, 0.25) is 5.89 Å². The van der Waals surface area contributed by atoms with Gasteiger partial charge < -0.3 is 13.8 Å². The van der Waals surface area contributed by atoms with E-state index in [1.54, 1.807) is 0 Å². The van der Waals surface area contributed by atoms with Gasteiger partial charge in [-0.1, -0.05) is 19.0 Å². The van der Waals surface area contributed by atoms with E-state index in [1.807, 2.05) is 13.8 Å². The van der Waals surface area contributed by atoms with E-state index >= 15 is 0 Å². The summed E-state index contributed by atoms with van der Waals surface area (Å²) in [6.07, 6.45) is 4.49. The van der Waals surface area contributed by atoms with Crippen molar-refractivity contribution in [1.29, 1.82) is 0 Å². The zero-order valence-corrected chi connectivity index (χ0v) is 14.5. The Morgan fingerprint density at radius 3 is 2.74 bits per heavy atom. The number of imidazole rings is 1. The first-order valence-corrected chi connectivity index (χ1v) is 8.53. The molecule has 0 amide bonds. The highest BCUT2D eigenvalue weighted by Crippen LogP contribution is 2.23. The van der Waals surface area contributed by atoms with Gasteiger partial charge in [-0.2, -0.15) is 4.98 Å². The molecular weight excluding hydrogens is 292 g/mol. The van der Waals surface area contributed by atoms with Gasteiger partial charge in [-0.3, -0.25) is 0 Å². The SMILES string of the molecule is Cc1nc2c(n1Cc1nc([C@H](C)OCC(C)C)no1)CCCC2. The third kappa shape index (κ3) is 3.63. The second-order valence-corrected chi connectivity index (χ2v) is 6.76. The Balaban J connectivity index is 1.71. The second-order valence-electron chi connectivity index (χ2n) is 6.76. The third-order valence-electron chi connectivity index (χ3n) is 4.24. The molecule has 23 heavy (non-hydrogen) atoms. The minimum atomic E-state index is -0.146. The number of aryl methyl sites for hydroxylation is 2. The number of nitrogens with zero attached hydrogens (tertiary/aromatic N) is 4. The van der Waals surface area contributed by atoms with Crippen molar-refractivity contribution in [2.24, 2.45) is 5.92 Å². The van der Waals surface area contributed by atoms with E-state index in [1.165, 1.54) is 24.2 Å². The lowest BCUT2D eigenvalue weighted by Gasteiger charge is -2.13. The van der Waals surface area contributed by atoms with Gasteiger partial charge in [-0.25, -0.2) is 4.98 Å². The fourth-order valence-electron chi connectivity index (χ4n) is 2.99. The summed E-state index contributed by atoms with van der Waals surface area (Å²) in [5.74, 6) is 2.76. The predicted molar refractivity (Wildman–Crippen MR) is 86.2 cm³/mol. The molecule has 0 saturated carbocycles. The van der Waals surface area contributed by atoms with Crippen LogP contribution in [0.4, 0.5) is 0 Å². The first kappa shape index (κ1) is 16.2. The van der Waals surface area contributed by atoms with Crippen LogP contribution < -0.4 is 0 Å². The van der Waals surface area contributed by atoms with Gasteiger partial charge in [0.15, 0.2) is 5.82 Å². The monoisotopic (exact) mass is 318 g/mol. The molecule has 3 rings (SSSR count). The van der Waals surface area contributed by atoms with Crippen molar-refractivity contribution >= 4 is 0 Å².